The molecule has 0 unspecified atom stereocenters. The van der Waals surface area contributed by atoms with Gasteiger partial charge in [0.15, 0.2) is 16.7 Å². The molecule has 2 aliphatic heterocycles. The second-order valence-electron chi connectivity index (χ2n) is 8.01. The van der Waals surface area contributed by atoms with Gasteiger partial charge in [0, 0.05) is 24.5 Å². The molecule has 2 aromatic carbocycles. The number of thiazole rings is 1. The average molecular weight is 425 g/mol. The zero-order valence-corrected chi connectivity index (χ0v) is 18.0. The first-order chi connectivity index (χ1) is 14.6. The first-order valence-electron chi connectivity index (χ1n) is 10.4. The van der Waals surface area contributed by atoms with Crippen molar-refractivity contribution in [3.05, 3.63) is 53.5 Å². The van der Waals surface area contributed by atoms with Crippen molar-refractivity contribution in [3.8, 4) is 16.2 Å². The molecule has 0 bridgehead atoms. The summed E-state index contributed by atoms with van der Waals surface area (Å²) in [4.78, 5) is 7.63. The van der Waals surface area contributed by atoms with Gasteiger partial charge in [-0.05, 0) is 67.8 Å². The van der Waals surface area contributed by atoms with Crippen molar-refractivity contribution < 1.29 is 9.13 Å². The van der Waals surface area contributed by atoms with Crippen LogP contribution in [0.25, 0.3) is 10.4 Å². The number of anilines is 3. The lowest BCUT2D eigenvalue weighted by Gasteiger charge is -2.34. The van der Waals surface area contributed by atoms with Crippen LogP contribution >= 0.6 is 11.3 Å². The lowest BCUT2D eigenvalue weighted by Crippen LogP contribution is -2.38. The van der Waals surface area contributed by atoms with Crippen LogP contribution in [0.5, 0.6) is 5.75 Å². The number of aromatic nitrogens is 1. The summed E-state index contributed by atoms with van der Waals surface area (Å²) >= 11 is 1.52. The molecule has 156 valence electrons. The van der Waals surface area contributed by atoms with Crippen LogP contribution < -0.4 is 20.3 Å². The maximum absolute atomic E-state index is 14.8. The number of hydrogen-bond acceptors (Lipinski definition) is 6. The molecule has 30 heavy (non-hydrogen) atoms. The molecule has 0 amide bonds. The second-order valence-corrected chi connectivity index (χ2v) is 9.04. The molecule has 0 atom stereocenters. The van der Waals surface area contributed by atoms with Crippen molar-refractivity contribution in [3.63, 3.8) is 0 Å². The van der Waals surface area contributed by atoms with Gasteiger partial charge in [0.05, 0.1) is 17.1 Å². The molecular formula is C23H25FN4OS. The Morgan fingerprint density at radius 3 is 3.00 bits per heavy atom. The summed E-state index contributed by atoms with van der Waals surface area (Å²) < 4.78 is 20.4. The lowest BCUT2D eigenvalue weighted by atomic mass is 10.0. The minimum Gasteiger partial charge on any atom is -0.486 e. The Bertz CT molecular complexity index is 1080. The Morgan fingerprint density at radius 2 is 2.13 bits per heavy atom. The topological polar surface area (TPSA) is 49.4 Å². The fraction of sp³-hybridized carbons (Fsp3) is 0.348. The summed E-state index contributed by atoms with van der Waals surface area (Å²) in [6.07, 6.45) is 2.87. The SMILES string of the molecule is CC(C)N1CCOc2c(F)cc(-c3cnc(Nc4ccc5c(c4)CNCC5)s3)cc21. The van der Waals surface area contributed by atoms with E-state index in [2.05, 4.69) is 52.6 Å². The van der Waals surface area contributed by atoms with Gasteiger partial charge in [-0.15, -0.1) is 0 Å². The highest BCUT2D eigenvalue weighted by molar-refractivity contribution is 7.18. The third-order valence-corrected chi connectivity index (χ3v) is 6.63. The molecule has 5 rings (SSSR count). The number of halogens is 1. The van der Waals surface area contributed by atoms with Gasteiger partial charge < -0.3 is 20.3 Å². The number of ether oxygens (including phenoxy) is 1. The summed E-state index contributed by atoms with van der Waals surface area (Å²) in [7, 11) is 0. The zero-order chi connectivity index (χ0) is 20.7. The van der Waals surface area contributed by atoms with Crippen molar-refractivity contribution >= 4 is 27.8 Å². The van der Waals surface area contributed by atoms with Crippen molar-refractivity contribution in [2.75, 3.05) is 29.9 Å². The van der Waals surface area contributed by atoms with E-state index in [9.17, 15) is 4.39 Å². The van der Waals surface area contributed by atoms with E-state index in [4.69, 9.17) is 4.74 Å². The van der Waals surface area contributed by atoms with E-state index in [1.165, 1.54) is 22.5 Å². The van der Waals surface area contributed by atoms with Crippen molar-refractivity contribution in [1.29, 1.82) is 0 Å². The molecule has 0 aliphatic carbocycles. The standard InChI is InChI=1S/C23H25FN4OS/c1-14(2)28-7-8-29-22-19(24)10-16(11-20(22)28)21-13-26-23(30-21)27-18-4-3-15-5-6-25-12-17(15)9-18/h3-4,9-11,13-14,25H,5-8,12H2,1-2H3,(H,26,27). The van der Waals surface area contributed by atoms with Crippen molar-refractivity contribution in [2.45, 2.75) is 32.9 Å². The quantitative estimate of drug-likeness (QED) is 0.621. The van der Waals surface area contributed by atoms with Crippen LogP contribution in [0.15, 0.2) is 36.5 Å². The molecule has 7 heteroatoms. The normalized spacial score (nSPS) is 15.5. The van der Waals surface area contributed by atoms with Gasteiger partial charge in [-0.25, -0.2) is 9.37 Å². The summed E-state index contributed by atoms with van der Waals surface area (Å²) in [5.74, 6) is 0.0298. The Balaban J connectivity index is 1.42. The van der Waals surface area contributed by atoms with Crippen LogP contribution in [0.3, 0.4) is 0 Å². The molecule has 0 saturated carbocycles. The first kappa shape index (κ1) is 19.3. The Morgan fingerprint density at radius 1 is 1.23 bits per heavy atom. The lowest BCUT2D eigenvalue weighted by molar-refractivity contribution is 0.287. The number of nitrogens with one attached hydrogen (secondary N) is 2. The van der Waals surface area contributed by atoms with Crippen LogP contribution in [0.1, 0.15) is 25.0 Å². The molecule has 0 radical (unpaired) electrons. The Labute approximate surface area is 179 Å². The molecule has 2 aliphatic rings. The molecule has 3 heterocycles. The monoisotopic (exact) mass is 424 g/mol. The van der Waals surface area contributed by atoms with Gasteiger partial charge >= 0.3 is 0 Å². The molecule has 0 saturated heterocycles. The highest BCUT2D eigenvalue weighted by Gasteiger charge is 2.25. The zero-order valence-electron chi connectivity index (χ0n) is 17.2. The number of rotatable bonds is 4. The predicted octanol–water partition coefficient (Wildman–Crippen LogP) is 4.95. The van der Waals surface area contributed by atoms with Crippen molar-refractivity contribution in [1.82, 2.24) is 10.3 Å². The number of fused-ring (bicyclic) bond motifs is 2. The molecule has 0 fully saturated rings. The van der Waals surface area contributed by atoms with Gasteiger partial charge in [0.2, 0.25) is 0 Å². The third kappa shape index (κ3) is 3.63. The summed E-state index contributed by atoms with van der Waals surface area (Å²) in [6, 6.07) is 10.3. The minimum atomic E-state index is -0.321. The predicted molar refractivity (Wildman–Crippen MR) is 121 cm³/mol. The molecule has 0 spiro atoms. The highest BCUT2D eigenvalue weighted by Crippen LogP contribution is 2.41. The van der Waals surface area contributed by atoms with E-state index in [0.29, 0.717) is 12.4 Å². The summed E-state index contributed by atoms with van der Waals surface area (Å²) in [5.41, 5.74) is 5.39. The number of nitrogens with zero attached hydrogens (tertiary/aromatic N) is 2. The van der Waals surface area contributed by atoms with E-state index < -0.39 is 0 Å². The average Bonchev–Trinajstić information content (AvgIpc) is 3.21. The van der Waals surface area contributed by atoms with Crippen LogP contribution in [-0.4, -0.2) is 30.7 Å². The molecule has 5 nitrogen and oxygen atoms in total. The van der Waals surface area contributed by atoms with Crippen LogP contribution in [0, 0.1) is 5.82 Å². The van der Waals surface area contributed by atoms with Gasteiger partial charge in [0.1, 0.15) is 6.61 Å². The molecular weight excluding hydrogens is 399 g/mol. The molecule has 2 N–H and O–H groups in total. The highest BCUT2D eigenvalue weighted by atomic mass is 32.1. The third-order valence-electron chi connectivity index (χ3n) is 5.67. The fourth-order valence-electron chi connectivity index (χ4n) is 4.13. The van der Waals surface area contributed by atoms with Crippen LogP contribution in [0.2, 0.25) is 0 Å². The van der Waals surface area contributed by atoms with E-state index >= 15 is 0 Å². The maximum atomic E-state index is 14.8. The van der Waals surface area contributed by atoms with Crippen molar-refractivity contribution in [2.24, 2.45) is 0 Å². The Kier molecular flexibility index (Phi) is 5.08. The smallest absolute Gasteiger partial charge is 0.187 e. The number of benzene rings is 2. The van der Waals surface area contributed by atoms with E-state index in [1.807, 2.05) is 6.07 Å². The Hall–Kier alpha value is -2.64. The number of hydrogen-bond donors (Lipinski definition) is 2. The first-order valence-corrected chi connectivity index (χ1v) is 11.2. The van der Waals surface area contributed by atoms with E-state index in [0.717, 1.165) is 53.0 Å². The minimum absolute atomic E-state index is 0.277. The van der Waals surface area contributed by atoms with Crippen LogP contribution in [-0.2, 0) is 13.0 Å². The maximum Gasteiger partial charge on any atom is 0.187 e. The summed E-state index contributed by atoms with van der Waals surface area (Å²) in [6.45, 7) is 7.43. The van der Waals surface area contributed by atoms with Gasteiger partial charge in [0.25, 0.3) is 0 Å². The fourth-order valence-corrected chi connectivity index (χ4v) is 4.95. The van der Waals surface area contributed by atoms with Gasteiger partial charge in [-0.2, -0.15) is 0 Å². The van der Waals surface area contributed by atoms with Gasteiger partial charge in [-0.3, -0.25) is 0 Å². The molecule has 3 aromatic rings. The second kappa shape index (κ2) is 7.89. The largest absolute Gasteiger partial charge is 0.486 e. The van der Waals surface area contributed by atoms with Crippen LogP contribution in [0.4, 0.5) is 20.9 Å². The van der Waals surface area contributed by atoms with E-state index in [1.54, 1.807) is 12.3 Å². The van der Waals surface area contributed by atoms with Gasteiger partial charge in [-0.1, -0.05) is 17.4 Å². The van der Waals surface area contributed by atoms with E-state index in [-0.39, 0.29) is 11.9 Å². The molecule has 1 aromatic heterocycles. The summed E-state index contributed by atoms with van der Waals surface area (Å²) in [5, 5.41) is 7.60.